The first-order valence-corrected chi connectivity index (χ1v) is 5.23. The number of ether oxygens (including phenoxy) is 1. The van der Waals surface area contributed by atoms with Crippen molar-refractivity contribution < 1.29 is 4.74 Å². The van der Waals surface area contributed by atoms with E-state index in [0.717, 1.165) is 17.0 Å². The van der Waals surface area contributed by atoms with Crippen molar-refractivity contribution in [3.63, 3.8) is 0 Å². The summed E-state index contributed by atoms with van der Waals surface area (Å²) in [5.74, 6) is 0.841. The van der Waals surface area contributed by atoms with Gasteiger partial charge in [-0.05, 0) is 25.1 Å². The van der Waals surface area contributed by atoms with Crippen molar-refractivity contribution in [1.82, 2.24) is 0 Å². The zero-order valence-electron chi connectivity index (χ0n) is 9.97. The molecule has 1 rings (SSSR count). The molecule has 84 valence electrons. The molecule has 2 heteroatoms. The standard InChI is InChI=1S/C14H17NO/c1-4-5-6-10-13(15-2)12-9-7-8-11-14(12)16-3/h4-11H,1-3H3/b5-4-,10-6-,15-13-. The molecule has 2 nitrogen and oxygen atoms in total. The molecule has 0 radical (unpaired) electrons. The molecule has 0 bridgehead atoms. The third-order valence-electron chi connectivity index (χ3n) is 2.18. The first kappa shape index (κ1) is 12.2. The van der Waals surface area contributed by atoms with E-state index >= 15 is 0 Å². The van der Waals surface area contributed by atoms with Crippen molar-refractivity contribution in [2.75, 3.05) is 14.2 Å². The van der Waals surface area contributed by atoms with E-state index < -0.39 is 0 Å². The van der Waals surface area contributed by atoms with Gasteiger partial charge in [0, 0.05) is 12.6 Å². The number of para-hydroxylation sites is 1. The average Bonchev–Trinajstić information content (AvgIpc) is 2.35. The molecular weight excluding hydrogens is 198 g/mol. The van der Waals surface area contributed by atoms with Crippen LogP contribution in [-0.2, 0) is 0 Å². The lowest BCUT2D eigenvalue weighted by molar-refractivity contribution is 0.414. The van der Waals surface area contributed by atoms with Gasteiger partial charge in [-0.15, -0.1) is 0 Å². The molecule has 0 unspecified atom stereocenters. The number of methoxy groups -OCH3 is 1. The predicted octanol–water partition coefficient (Wildman–Crippen LogP) is 3.25. The van der Waals surface area contributed by atoms with Crippen molar-refractivity contribution >= 4 is 5.71 Å². The summed E-state index contributed by atoms with van der Waals surface area (Å²) >= 11 is 0. The lowest BCUT2D eigenvalue weighted by Gasteiger charge is -2.07. The fourth-order valence-corrected chi connectivity index (χ4v) is 1.40. The molecule has 0 fully saturated rings. The van der Waals surface area contributed by atoms with Gasteiger partial charge < -0.3 is 4.74 Å². The van der Waals surface area contributed by atoms with E-state index in [9.17, 15) is 0 Å². The van der Waals surface area contributed by atoms with Crippen LogP contribution in [0.4, 0.5) is 0 Å². The molecule has 0 saturated heterocycles. The number of benzene rings is 1. The number of hydrogen-bond donors (Lipinski definition) is 0. The van der Waals surface area contributed by atoms with Crippen molar-refractivity contribution in [3.05, 3.63) is 54.1 Å². The highest BCUT2D eigenvalue weighted by molar-refractivity contribution is 6.10. The Hall–Kier alpha value is -1.83. The Labute approximate surface area is 97.0 Å². The van der Waals surface area contributed by atoms with Gasteiger partial charge in [-0.3, -0.25) is 4.99 Å². The third kappa shape index (κ3) is 3.09. The molecule has 0 spiro atoms. The summed E-state index contributed by atoms with van der Waals surface area (Å²) < 4.78 is 5.30. The molecule has 0 aliphatic heterocycles. The van der Waals surface area contributed by atoms with E-state index in [-0.39, 0.29) is 0 Å². The SMILES string of the molecule is C\C=C/C=C\C(=N\C)c1ccccc1OC. The summed E-state index contributed by atoms with van der Waals surface area (Å²) in [6, 6.07) is 7.86. The van der Waals surface area contributed by atoms with Gasteiger partial charge in [0.2, 0.25) is 0 Å². The van der Waals surface area contributed by atoms with E-state index in [1.165, 1.54) is 0 Å². The molecule has 0 aliphatic carbocycles. The third-order valence-corrected chi connectivity index (χ3v) is 2.18. The van der Waals surface area contributed by atoms with Crippen LogP contribution in [0.25, 0.3) is 0 Å². The maximum atomic E-state index is 5.30. The normalized spacial score (nSPS) is 12.6. The van der Waals surface area contributed by atoms with Crippen molar-refractivity contribution in [2.45, 2.75) is 6.92 Å². The van der Waals surface area contributed by atoms with Crippen LogP contribution in [-0.4, -0.2) is 19.9 Å². The lowest BCUT2D eigenvalue weighted by atomic mass is 10.1. The molecule has 0 saturated carbocycles. The predicted molar refractivity (Wildman–Crippen MR) is 69.4 cm³/mol. The fraction of sp³-hybridized carbons (Fsp3) is 0.214. The molecule has 0 heterocycles. The fourth-order valence-electron chi connectivity index (χ4n) is 1.40. The van der Waals surface area contributed by atoms with Gasteiger partial charge >= 0.3 is 0 Å². The van der Waals surface area contributed by atoms with Crippen LogP contribution in [0, 0.1) is 0 Å². The quantitative estimate of drug-likeness (QED) is 0.558. The van der Waals surface area contributed by atoms with Crippen LogP contribution in [0.1, 0.15) is 12.5 Å². The molecule has 0 atom stereocenters. The van der Waals surface area contributed by atoms with Crippen molar-refractivity contribution in [3.8, 4) is 5.75 Å². The van der Waals surface area contributed by atoms with Gasteiger partial charge in [0.05, 0.1) is 12.8 Å². The minimum absolute atomic E-state index is 0.841. The van der Waals surface area contributed by atoms with E-state index in [1.54, 1.807) is 14.2 Å². The van der Waals surface area contributed by atoms with Gasteiger partial charge in [0.25, 0.3) is 0 Å². The number of rotatable bonds is 4. The van der Waals surface area contributed by atoms with Crippen LogP contribution in [0.3, 0.4) is 0 Å². The maximum absolute atomic E-state index is 5.30. The molecule has 0 N–H and O–H groups in total. The Morgan fingerprint density at radius 2 is 2.00 bits per heavy atom. The summed E-state index contributed by atoms with van der Waals surface area (Å²) in [7, 11) is 3.45. The Balaban J connectivity index is 3.05. The molecule has 1 aromatic carbocycles. The molecule has 0 aromatic heterocycles. The van der Waals surface area contributed by atoms with Gasteiger partial charge in [-0.1, -0.05) is 30.4 Å². The molecular formula is C14H17NO. The van der Waals surface area contributed by atoms with E-state index in [2.05, 4.69) is 4.99 Å². The van der Waals surface area contributed by atoms with E-state index in [4.69, 9.17) is 4.74 Å². The van der Waals surface area contributed by atoms with Crippen LogP contribution in [0.15, 0.2) is 53.6 Å². The smallest absolute Gasteiger partial charge is 0.128 e. The van der Waals surface area contributed by atoms with Gasteiger partial charge in [-0.2, -0.15) is 0 Å². The van der Waals surface area contributed by atoms with Crippen LogP contribution in [0.5, 0.6) is 5.75 Å². The summed E-state index contributed by atoms with van der Waals surface area (Å²) in [4.78, 5) is 4.25. The highest BCUT2D eigenvalue weighted by Crippen LogP contribution is 2.18. The molecule has 16 heavy (non-hydrogen) atoms. The van der Waals surface area contributed by atoms with Crippen LogP contribution < -0.4 is 4.74 Å². The maximum Gasteiger partial charge on any atom is 0.128 e. The number of aliphatic imine (C=N–C) groups is 1. The van der Waals surface area contributed by atoms with Crippen molar-refractivity contribution in [2.24, 2.45) is 4.99 Å². The number of hydrogen-bond acceptors (Lipinski definition) is 2. The molecule has 0 aliphatic rings. The Kier molecular flexibility index (Phi) is 5.06. The second-order valence-corrected chi connectivity index (χ2v) is 3.19. The van der Waals surface area contributed by atoms with Gasteiger partial charge in [0.1, 0.15) is 5.75 Å². The minimum atomic E-state index is 0.841. The lowest BCUT2D eigenvalue weighted by Crippen LogP contribution is -1.99. The minimum Gasteiger partial charge on any atom is -0.496 e. The highest BCUT2D eigenvalue weighted by Gasteiger charge is 2.04. The second-order valence-electron chi connectivity index (χ2n) is 3.19. The Bertz CT molecular complexity index is 416. The summed E-state index contributed by atoms with van der Waals surface area (Å²) in [5, 5.41) is 0. The topological polar surface area (TPSA) is 21.6 Å². The monoisotopic (exact) mass is 215 g/mol. The Morgan fingerprint density at radius 1 is 1.25 bits per heavy atom. The largest absolute Gasteiger partial charge is 0.496 e. The number of nitrogens with zero attached hydrogens (tertiary/aromatic N) is 1. The van der Waals surface area contributed by atoms with Crippen LogP contribution in [0.2, 0.25) is 0 Å². The zero-order valence-corrected chi connectivity index (χ0v) is 9.97. The van der Waals surface area contributed by atoms with E-state index in [0.29, 0.717) is 0 Å². The zero-order chi connectivity index (χ0) is 11.8. The van der Waals surface area contributed by atoms with E-state index in [1.807, 2.05) is 55.5 Å². The van der Waals surface area contributed by atoms with Gasteiger partial charge in [0.15, 0.2) is 0 Å². The Morgan fingerprint density at radius 3 is 2.62 bits per heavy atom. The highest BCUT2D eigenvalue weighted by atomic mass is 16.5. The van der Waals surface area contributed by atoms with Crippen LogP contribution >= 0.6 is 0 Å². The van der Waals surface area contributed by atoms with Crippen molar-refractivity contribution in [1.29, 1.82) is 0 Å². The average molecular weight is 215 g/mol. The van der Waals surface area contributed by atoms with Gasteiger partial charge in [-0.25, -0.2) is 0 Å². The second kappa shape index (κ2) is 6.62. The molecule has 0 amide bonds. The summed E-state index contributed by atoms with van der Waals surface area (Å²) in [5.41, 5.74) is 1.92. The summed E-state index contributed by atoms with van der Waals surface area (Å²) in [6.07, 6.45) is 7.89. The first-order chi connectivity index (χ1) is 7.83. The number of allylic oxidation sites excluding steroid dienone is 4. The first-order valence-electron chi connectivity index (χ1n) is 5.23. The molecule has 1 aromatic rings. The summed E-state index contributed by atoms with van der Waals surface area (Å²) in [6.45, 7) is 1.98.